The summed E-state index contributed by atoms with van der Waals surface area (Å²) >= 11 is 0. The zero-order valence-electron chi connectivity index (χ0n) is 10.9. The molecule has 1 fully saturated rings. The Morgan fingerprint density at radius 3 is 2.62 bits per heavy atom. The lowest BCUT2D eigenvalue weighted by molar-refractivity contribution is -0.139. The van der Waals surface area contributed by atoms with Crippen LogP contribution in [-0.2, 0) is 14.2 Å². The molecule has 0 spiro atoms. The number of hydrogen-bond acceptors (Lipinski definition) is 4. The van der Waals surface area contributed by atoms with E-state index >= 15 is 0 Å². The van der Waals surface area contributed by atoms with E-state index in [-0.39, 0.29) is 12.2 Å². The van der Waals surface area contributed by atoms with Gasteiger partial charge >= 0.3 is 0 Å². The first-order valence-electron chi connectivity index (χ1n) is 6.08. The Labute approximate surface area is 98.6 Å². The third-order valence-electron chi connectivity index (χ3n) is 2.90. The van der Waals surface area contributed by atoms with Gasteiger partial charge in [0.1, 0.15) is 0 Å². The molecule has 1 aliphatic rings. The predicted molar refractivity (Wildman–Crippen MR) is 63.7 cm³/mol. The molecule has 3 unspecified atom stereocenters. The van der Waals surface area contributed by atoms with E-state index in [2.05, 4.69) is 19.2 Å². The van der Waals surface area contributed by atoms with Crippen LogP contribution in [0.15, 0.2) is 0 Å². The summed E-state index contributed by atoms with van der Waals surface area (Å²) < 4.78 is 16.5. The number of ether oxygens (including phenoxy) is 3. The van der Waals surface area contributed by atoms with Gasteiger partial charge in [0.2, 0.25) is 0 Å². The van der Waals surface area contributed by atoms with Gasteiger partial charge in [0.15, 0.2) is 0 Å². The van der Waals surface area contributed by atoms with Gasteiger partial charge in [-0.1, -0.05) is 13.8 Å². The van der Waals surface area contributed by atoms with Crippen LogP contribution in [0.2, 0.25) is 0 Å². The first-order chi connectivity index (χ1) is 7.69. The molecule has 0 heterocycles. The smallest absolute Gasteiger partial charge is 0.0986 e. The van der Waals surface area contributed by atoms with E-state index < -0.39 is 0 Å². The molecule has 0 bridgehead atoms. The first-order valence-corrected chi connectivity index (χ1v) is 6.08. The molecule has 4 heteroatoms. The third-order valence-corrected chi connectivity index (χ3v) is 2.90. The van der Waals surface area contributed by atoms with E-state index in [1.54, 1.807) is 7.11 Å². The van der Waals surface area contributed by atoms with Crippen LogP contribution >= 0.6 is 0 Å². The molecule has 0 radical (unpaired) electrons. The molecular weight excluding hydrogens is 206 g/mol. The minimum absolute atomic E-state index is 0.190. The molecule has 1 rings (SSSR count). The Morgan fingerprint density at radius 2 is 2.06 bits per heavy atom. The molecule has 1 saturated carbocycles. The van der Waals surface area contributed by atoms with Crippen LogP contribution in [0.4, 0.5) is 0 Å². The second-order valence-corrected chi connectivity index (χ2v) is 4.71. The number of hydrogen-bond donors (Lipinski definition) is 1. The highest BCUT2D eigenvalue weighted by Gasteiger charge is 2.41. The highest BCUT2D eigenvalue weighted by atomic mass is 16.6. The Hall–Kier alpha value is -0.160. The van der Waals surface area contributed by atoms with E-state index in [9.17, 15) is 0 Å². The Bertz CT molecular complexity index is 187. The number of methoxy groups -OCH3 is 1. The van der Waals surface area contributed by atoms with Crippen molar-refractivity contribution < 1.29 is 14.2 Å². The van der Waals surface area contributed by atoms with Gasteiger partial charge in [-0.05, 0) is 19.4 Å². The molecule has 0 aromatic heterocycles. The lowest BCUT2D eigenvalue weighted by Gasteiger charge is -2.43. The van der Waals surface area contributed by atoms with Gasteiger partial charge in [-0.2, -0.15) is 0 Å². The second-order valence-electron chi connectivity index (χ2n) is 4.71. The Morgan fingerprint density at radius 1 is 1.31 bits per heavy atom. The van der Waals surface area contributed by atoms with Crippen LogP contribution in [0, 0.1) is 5.92 Å². The molecule has 0 aromatic carbocycles. The Balaban J connectivity index is 2.02. The van der Waals surface area contributed by atoms with Gasteiger partial charge in [0.25, 0.3) is 0 Å². The first kappa shape index (κ1) is 13.9. The average molecular weight is 231 g/mol. The van der Waals surface area contributed by atoms with Crippen LogP contribution in [0.5, 0.6) is 0 Å². The fourth-order valence-corrected chi connectivity index (χ4v) is 1.92. The molecular formula is C12H25NO3. The molecule has 4 nitrogen and oxygen atoms in total. The minimum atomic E-state index is 0.190. The van der Waals surface area contributed by atoms with Crippen molar-refractivity contribution in [3.63, 3.8) is 0 Å². The standard InChI is InChI=1S/C12H25NO3/c1-9(2)8-15-5-6-16-11-7-10(13-3)12(11)14-4/h9-13H,5-8H2,1-4H3. The average Bonchev–Trinajstić information content (AvgIpc) is 2.21. The van der Waals surface area contributed by atoms with Crippen molar-refractivity contribution in [3.05, 3.63) is 0 Å². The van der Waals surface area contributed by atoms with Crippen molar-refractivity contribution in [3.8, 4) is 0 Å². The SMILES string of the molecule is CNC1CC(OCCOCC(C)C)C1OC. The highest BCUT2D eigenvalue weighted by molar-refractivity contribution is 4.96. The van der Waals surface area contributed by atoms with Crippen molar-refractivity contribution in [1.82, 2.24) is 5.32 Å². The van der Waals surface area contributed by atoms with Crippen LogP contribution in [0.3, 0.4) is 0 Å². The molecule has 96 valence electrons. The van der Waals surface area contributed by atoms with Crippen LogP contribution in [-0.4, -0.2) is 52.2 Å². The highest BCUT2D eigenvalue weighted by Crippen LogP contribution is 2.26. The molecule has 0 aromatic rings. The van der Waals surface area contributed by atoms with Crippen molar-refractivity contribution in [2.24, 2.45) is 5.92 Å². The Kier molecular flexibility index (Phi) is 6.28. The predicted octanol–water partition coefficient (Wildman–Crippen LogP) is 1.05. The van der Waals surface area contributed by atoms with Crippen molar-refractivity contribution in [2.45, 2.75) is 38.5 Å². The van der Waals surface area contributed by atoms with Crippen molar-refractivity contribution in [1.29, 1.82) is 0 Å². The number of likely N-dealkylation sites (N-methyl/N-ethyl adjacent to an activating group) is 1. The largest absolute Gasteiger partial charge is 0.379 e. The molecule has 3 atom stereocenters. The van der Waals surface area contributed by atoms with Crippen LogP contribution in [0.1, 0.15) is 20.3 Å². The lowest BCUT2D eigenvalue weighted by atomic mass is 9.85. The van der Waals surface area contributed by atoms with Gasteiger partial charge in [0.05, 0.1) is 25.4 Å². The molecule has 0 saturated heterocycles. The summed E-state index contributed by atoms with van der Waals surface area (Å²) in [7, 11) is 3.69. The second kappa shape index (κ2) is 7.22. The monoisotopic (exact) mass is 231 g/mol. The van der Waals surface area contributed by atoms with Gasteiger partial charge in [-0.25, -0.2) is 0 Å². The lowest BCUT2D eigenvalue weighted by Crippen LogP contribution is -2.59. The van der Waals surface area contributed by atoms with E-state index in [1.165, 1.54) is 0 Å². The van der Waals surface area contributed by atoms with Gasteiger partial charge in [-0.3, -0.25) is 0 Å². The fraction of sp³-hybridized carbons (Fsp3) is 1.00. The third kappa shape index (κ3) is 4.01. The summed E-state index contributed by atoms with van der Waals surface area (Å²) in [6.07, 6.45) is 1.44. The van der Waals surface area contributed by atoms with Crippen LogP contribution in [0.25, 0.3) is 0 Å². The number of rotatable bonds is 8. The van der Waals surface area contributed by atoms with E-state index in [1.807, 2.05) is 7.05 Å². The summed E-state index contributed by atoms with van der Waals surface area (Å²) in [5.41, 5.74) is 0. The summed E-state index contributed by atoms with van der Waals surface area (Å²) in [5, 5.41) is 3.21. The maximum atomic E-state index is 5.71. The van der Waals surface area contributed by atoms with Crippen molar-refractivity contribution in [2.75, 3.05) is 34.0 Å². The number of nitrogens with one attached hydrogen (secondary N) is 1. The van der Waals surface area contributed by atoms with E-state index in [0.717, 1.165) is 13.0 Å². The maximum absolute atomic E-state index is 5.71. The summed E-state index contributed by atoms with van der Waals surface area (Å²) in [6, 6.07) is 0.437. The van der Waals surface area contributed by atoms with Crippen molar-refractivity contribution >= 4 is 0 Å². The summed E-state index contributed by atoms with van der Waals surface area (Å²) in [4.78, 5) is 0. The maximum Gasteiger partial charge on any atom is 0.0986 e. The van der Waals surface area contributed by atoms with Crippen LogP contribution < -0.4 is 5.32 Å². The topological polar surface area (TPSA) is 39.7 Å². The fourth-order valence-electron chi connectivity index (χ4n) is 1.92. The minimum Gasteiger partial charge on any atom is -0.379 e. The van der Waals surface area contributed by atoms with Gasteiger partial charge in [0, 0.05) is 19.8 Å². The zero-order chi connectivity index (χ0) is 12.0. The zero-order valence-corrected chi connectivity index (χ0v) is 10.9. The van der Waals surface area contributed by atoms with Gasteiger partial charge < -0.3 is 19.5 Å². The summed E-state index contributed by atoms with van der Waals surface area (Å²) in [5.74, 6) is 0.587. The van der Waals surface area contributed by atoms with E-state index in [4.69, 9.17) is 14.2 Å². The van der Waals surface area contributed by atoms with E-state index in [0.29, 0.717) is 25.2 Å². The molecule has 1 aliphatic carbocycles. The molecule has 1 N–H and O–H groups in total. The summed E-state index contributed by atoms with van der Waals surface area (Å²) in [6.45, 7) is 6.43. The molecule has 16 heavy (non-hydrogen) atoms. The van der Waals surface area contributed by atoms with Gasteiger partial charge in [-0.15, -0.1) is 0 Å². The molecule has 0 amide bonds. The molecule has 0 aliphatic heterocycles. The quantitative estimate of drug-likeness (QED) is 0.634. The normalized spacial score (nSPS) is 29.4.